The van der Waals surface area contributed by atoms with Crippen LogP contribution in [0, 0.1) is 5.92 Å². The average molecular weight is 260 g/mol. The van der Waals surface area contributed by atoms with E-state index in [2.05, 4.69) is 0 Å². The number of ether oxygens (including phenoxy) is 1. The van der Waals surface area contributed by atoms with Gasteiger partial charge in [0.15, 0.2) is 0 Å². The topological polar surface area (TPSA) is 55.6 Å². The van der Waals surface area contributed by atoms with Gasteiger partial charge in [-0.15, -0.1) is 0 Å². The molecule has 1 rings (SSSR count). The van der Waals surface area contributed by atoms with Gasteiger partial charge in [-0.3, -0.25) is 4.79 Å². The number of nitrogens with zero attached hydrogens (tertiary/aromatic N) is 1. The maximum absolute atomic E-state index is 11.8. The van der Waals surface area contributed by atoms with Crippen LogP contribution in [-0.2, 0) is 9.53 Å². The molecule has 0 radical (unpaired) electrons. The number of nitrogens with two attached hydrogens (primary N) is 1. The third-order valence-electron chi connectivity index (χ3n) is 2.95. The van der Waals surface area contributed by atoms with Gasteiger partial charge >= 0.3 is 0 Å². The number of hydrogen-bond donors (Lipinski definition) is 1. The van der Waals surface area contributed by atoms with Gasteiger partial charge in [-0.25, -0.2) is 0 Å². The lowest BCUT2D eigenvalue weighted by Gasteiger charge is -2.21. The minimum absolute atomic E-state index is 0.0223. The molecule has 0 aromatic heterocycles. The van der Waals surface area contributed by atoms with Crippen LogP contribution < -0.4 is 5.73 Å². The van der Waals surface area contributed by atoms with Crippen molar-refractivity contribution in [2.45, 2.75) is 25.3 Å². The number of amides is 1. The molecule has 5 heteroatoms. The normalized spacial score (nSPS) is 16.9. The van der Waals surface area contributed by atoms with Gasteiger partial charge in [0, 0.05) is 20.2 Å². The highest BCUT2D eigenvalue weighted by molar-refractivity contribution is 7.98. The van der Waals surface area contributed by atoms with E-state index in [-0.39, 0.29) is 11.9 Å². The maximum atomic E-state index is 11.8. The molecule has 1 fully saturated rings. The molecule has 1 aliphatic rings. The summed E-state index contributed by atoms with van der Waals surface area (Å²) >= 11 is 1.72. The van der Waals surface area contributed by atoms with Crippen molar-refractivity contribution in [3.8, 4) is 0 Å². The third-order valence-corrected chi connectivity index (χ3v) is 3.59. The molecule has 0 aliphatic heterocycles. The fourth-order valence-electron chi connectivity index (χ4n) is 1.50. The summed E-state index contributed by atoms with van der Waals surface area (Å²) in [7, 11) is 1.79. The zero-order valence-corrected chi connectivity index (χ0v) is 11.7. The van der Waals surface area contributed by atoms with E-state index in [0.29, 0.717) is 13.2 Å². The summed E-state index contributed by atoms with van der Waals surface area (Å²) < 4.78 is 5.50. The van der Waals surface area contributed by atoms with Crippen LogP contribution in [0.15, 0.2) is 0 Å². The molecule has 1 saturated carbocycles. The molecular weight excluding hydrogens is 236 g/mol. The van der Waals surface area contributed by atoms with Crippen LogP contribution in [0.25, 0.3) is 0 Å². The predicted molar refractivity (Wildman–Crippen MR) is 72.2 cm³/mol. The van der Waals surface area contributed by atoms with E-state index in [1.54, 1.807) is 23.7 Å². The smallest absolute Gasteiger partial charge is 0.239 e. The Morgan fingerprint density at radius 2 is 2.29 bits per heavy atom. The number of hydrogen-bond acceptors (Lipinski definition) is 4. The molecular formula is C12H24N2O2S. The second kappa shape index (κ2) is 7.95. The van der Waals surface area contributed by atoms with Gasteiger partial charge < -0.3 is 15.4 Å². The van der Waals surface area contributed by atoms with Crippen LogP contribution >= 0.6 is 11.8 Å². The Balaban J connectivity index is 2.06. The second-order valence-corrected chi connectivity index (χ2v) is 5.65. The Hall–Kier alpha value is -0.260. The standard InChI is InChI=1S/C12H24N2O2S/c1-14(6-7-16-9-10-3-4-10)12(15)11(13)5-8-17-2/h10-11H,3-9,13H2,1-2H3/t11-/m0/s1. The Labute approximate surface area is 108 Å². The van der Waals surface area contributed by atoms with E-state index in [4.69, 9.17) is 10.5 Å². The number of thioether (sulfide) groups is 1. The Morgan fingerprint density at radius 3 is 2.88 bits per heavy atom. The molecule has 0 aromatic rings. The Bertz CT molecular complexity index is 235. The van der Waals surface area contributed by atoms with Gasteiger partial charge in [-0.05, 0) is 37.2 Å². The highest BCUT2D eigenvalue weighted by Crippen LogP contribution is 2.28. The van der Waals surface area contributed by atoms with Crippen molar-refractivity contribution in [2.75, 3.05) is 38.8 Å². The van der Waals surface area contributed by atoms with Crippen LogP contribution in [0.3, 0.4) is 0 Å². The Morgan fingerprint density at radius 1 is 1.59 bits per heavy atom. The second-order valence-electron chi connectivity index (χ2n) is 4.67. The van der Waals surface area contributed by atoms with Gasteiger partial charge in [0.1, 0.15) is 0 Å². The van der Waals surface area contributed by atoms with Crippen molar-refractivity contribution in [3.63, 3.8) is 0 Å². The highest BCUT2D eigenvalue weighted by Gasteiger charge is 2.21. The SMILES string of the molecule is CSCC[C@H](N)C(=O)N(C)CCOCC1CC1. The van der Waals surface area contributed by atoms with Crippen molar-refractivity contribution in [2.24, 2.45) is 11.7 Å². The molecule has 0 heterocycles. The number of likely N-dealkylation sites (N-methyl/N-ethyl adjacent to an activating group) is 1. The van der Waals surface area contributed by atoms with Crippen LogP contribution in [0.2, 0.25) is 0 Å². The molecule has 1 amide bonds. The van der Waals surface area contributed by atoms with Crippen molar-refractivity contribution in [1.29, 1.82) is 0 Å². The molecule has 0 saturated heterocycles. The molecule has 0 unspecified atom stereocenters. The average Bonchev–Trinajstić information content (AvgIpc) is 3.14. The van der Waals surface area contributed by atoms with Gasteiger partial charge in [-0.1, -0.05) is 0 Å². The molecule has 0 bridgehead atoms. The summed E-state index contributed by atoms with van der Waals surface area (Å²) in [6.45, 7) is 2.10. The molecule has 1 aliphatic carbocycles. The summed E-state index contributed by atoms with van der Waals surface area (Å²) in [5.41, 5.74) is 5.82. The number of carbonyl (C=O) groups excluding carboxylic acids is 1. The minimum atomic E-state index is -0.365. The largest absolute Gasteiger partial charge is 0.379 e. The first-order valence-corrected chi connectivity index (χ1v) is 7.61. The monoisotopic (exact) mass is 260 g/mol. The zero-order chi connectivity index (χ0) is 12.7. The van der Waals surface area contributed by atoms with Gasteiger partial charge in [-0.2, -0.15) is 11.8 Å². The first kappa shape index (κ1) is 14.8. The van der Waals surface area contributed by atoms with Crippen molar-refractivity contribution >= 4 is 17.7 Å². The lowest BCUT2D eigenvalue weighted by atomic mass is 10.2. The van der Waals surface area contributed by atoms with Crippen LogP contribution in [-0.4, -0.2) is 55.7 Å². The molecule has 0 aromatic carbocycles. The van der Waals surface area contributed by atoms with E-state index in [0.717, 1.165) is 24.7 Å². The van der Waals surface area contributed by atoms with E-state index in [1.165, 1.54) is 12.8 Å². The van der Waals surface area contributed by atoms with Gasteiger partial charge in [0.25, 0.3) is 0 Å². The van der Waals surface area contributed by atoms with Crippen molar-refractivity contribution < 1.29 is 9.53 Å². The van der Waals surface area contributed by atoms with Crippen LogP contribution in [0.5, 0.6) is 0 Å². The first-order valence-electron chi connectivity index (χ1n) is 6.22. The molecule has 0 spiro atoms. The lowest BCUT2D eigenvalue weighted by Crippen LogP contribution is -2.43. The highest BCUT2D eigenvalue weighted by atomic mass is 32.2. The molecule has 2 N–H and O–H groups in total. The molecule has 17 heavy (non-hydrogen) atoms. The third kappa shape index (κ3) is 6.29. The molecule has 1 atom stereocenters. The quantitative estimate of drug-likeness (QED) is 0.627. The number of rotatable bonds is 9. The summed E-state index contributed by atoms with van der Waals surface area (Å²) in [5.74, 6) is 1.73. The predicted octanol–water partition coefficient (Wildman–Crippen LogP) is 0.952. The fourth-order valence-corrected chi connectivity index (χ4v) is 1.99. The van der Waals surface area contributed by atoms with Crippen molar-refractivity contribution in [3.05, 3.63) is 0 Å². The minimum Gasteiger partial charge on any atom is -0.379 e. The van der Waals surface area contributed by atoms with E-state index < -0.39 is 0 Å². The zero-order valence-electron chi connectivity index (χ0n) is 10.9. The van der Waals surface area contributed by atoms with Crippen molar-refractivity contribution in [1.82, 2.24) is 4.90 Å². The van der Waals surface area contributed by atoms with Crippen LogP contribution in [0.4, 0.5) is 0 Å². The maximum Gasteiger partial charge on any atom is 0.239 e. The van der Waals surface area contributed by atoms with E-state index in [1.807, 2.05) is 6.26 Å². The van der Waals surface area contributed by atoms with Gasteiger partial charge in [0.05, 0.1) is 12.6 Å². The molecule has 100 valence electrons. The van der Waals surface area contributed by atoms with Crippen LogP contribution in [0.1, 0.15) is 19.3 Å². The summed E-state index contributed by atoms with van der Waals surface area (Å²) in [5, 5.41) is 0. The lowest BCUT2D eigenvalue weighted by molar-refractivity contribution is -0.132. The summed E-state index contributed by atoms with van der Waals surface area (Å²) in [4.78, 5) is 13.5. The summed E-state index contributed by atoms with van der Waals surface area (Å²) in [6, 6.07) is -0.365. The van der Waals surface area contributed by atoms with E-state index >= 15 is 0 Å². The fraction of sp³-hybridized carbons (Fsp3) is 0.917. The van der Waals surface area contributed by atoms with Gasteiger partial charge in [0.2, 0.25) is 5.91 Å². The first-order chi connectivity index (χ1) is 8.15. The van der Waals surface area contributed by atoms with E-state index in [9.17, 15) is 4.79 Å². The number of carbonyl (C=O) groups is 1. The molecule has 4 nitrogen and oxygen atoms in total. The Kier molecular flexibility index (Phi) is 6.92. The summed E-state index contributed by atoms with van der Waals surface area (Å²) in [6.07, 6.45) is 5.36.